The summed E-state index contributed by atoms with van der Waals surface area (Å²) in [5.41, 5.74) is 1.77. The lowest BCUT2D eigenvalue weighted by molar-refractivity contribution is -0.132. The van der Waals surface area contributed by atoms with Crippen molar-refractivity contribution in [2.24, 2.45) is 0 Å². The quantitative estimate of drug-likeness (QED) is 0.185. The molecule has 1 heterocycles. The van der Waals surface area contributed by atoms with Crippen molar-refractivity contribution >= 4 is 40.7 Å². The van der Waals surface area contributed by atoms with E-state index in [1.54, 1.807) is 68.4 Å². The summed E-state index contributed by atoms with van der Waals surface area (Å²) in [7, 11) is 2.92. The Morgan fingerprint density at radius 2 is 1.74 bits per heavy atom. The van der Waals surface area contributed by atoms with Crippen LogP contribution >= 0.6 is 11.6 Å². The summed E-state index contributed by atoms with van der Waals surface area (Å²) in [4.78, 5) is 40.6. The second-order valence-corrected chi connectivity index (χ2v) is 8.95. The largest absolute Gasteiger partial charge is 0.507 e. The summed E-state index contributed by atoms with van der Waals surface area (Å²) >= 11 is 6.36. The second kappa shape index (κ2) is 11.0. The lowest BCUT2D eigenvalue weighted by atomic mass is 9.94. The zero-order chi connectivity index (χ0) is 27.6. The van der Waals surface area contributed by atoms with Gasteiger partial charge in [0.25, 0.3) is 11.7 Å². The minimum atomic E-state index is -1.03. The number of carbonyl (C=O) groups is 3. The summed E-state index contributed by atoms with van der Waals surface area (Å²) in [5, 5.41) is 11.8. The van der Waals surface area contributed by atoms with Gasteiger partial charge in [0.15, 0.2) is 0 Å². The van der Waals surface area contributed by atoms with Crippen molar-refractivity contribution < 1.29 is 33.7 Å². The molecule has 1 unspecified atom stereocenters. The number of amides is 1. The zero-order valence-electron chi connectivity index (χ0n) is 21.3. The van der Waals surface area contributed by atoms with E-state index in [4.69, 9.17) is 25.8 Å². The van der Waals surface area contributed by atoms with E-state index in [9.17, 15) is 19.5 Å². The van der Waals surface area contributed by atoms with E-state index in [1.807, 2.05) is 0 Å². The molecule has 1 fully saturated rings. The van der Waals surface area contributed by atoms with E-state index < -0.39 is 29.5 Å². The van der Waals surface area contributed by atoms with Crippen LogP contribution in [0.25, 0.3) is 5.76 Å². The minimum absolute atomic E-state index is 0.151. The van der Waals surface area contributed by atoms with E-state index in [0.717, 1.165) is 5.56 Å². The number of methoxy groups -OCH3 is 2. The average Bonchev–Trinajstić information content (AvgIpc) is 3.18. The fraction of sp³-hybridized carbons (Fsp3) is 0.207. The predicted molar refractivity (Wildman–Crippen MR) is 143 cm³/mol. The Balaban J connectivity index is 1.97. The van der Waals surface area contributed by atoms with Gasteiger partial charge in [-0.3, -0.25) is 14.5 Å². The van der Waals surface area contributed by atoms with Crippen LogP contribution in [0.5, 0.6) is 11.5 Å². The molecular weight excluding hydrogens is 510 g/mol. The second-order valence-electron chi connectivity index (χ2n) is 8.54. The normalized spacial score (nSPS) is 16.4. The Bertz CT molecular complexity index is 1450. The lowest BCUT2D eigenvalue weighted by Gasteiger charge is -2.26. The molecule has 0 bridgehead atoms. The SMILES string of the molecule is CCOC(=O)c1cccc(N2C(=O)C(=O)/C(=C(/O)c3cc(C)cc(Cl)c3OC)C2c2ccc(OC)cc2)c1. The first-order chi connectivity index (χ1) is 18.2. The van der Waals surface area contributed by atoms with E-state index >= 15 is 0 Å². The molecule has 3 aromatic carbocycles. The number of rotatable bonds is 7. The van der Waals surface area contributed by atoms with Crippen molar-refractivity contribution in [1.82, 2.24) is 0 Å². The molecule has 8 nitrogen and oxygen atoms in total. The van der Waals surface area contributed by atoms with E-state index in [0.29, 0.717) is 11.3 Å². The van der Waals surface area contributed by atoms with Gasteiger partial charge in [-0.05, 0) is 67.4 Å². The zero-order valence-corrected chi connectivity index (χ0v) is 22.0. The number of halogens is 1. The van der Waals surface area contributed by atoms with Gasteiger partial charge in [0.2, 0.25) is 0 Å². The fourth-order valence-corrected chi connectivity index (χ4v) is 4.81. The monoisotopic (exact) mass is 535 g/mol. The molecule has 3 aromatic rings. The Labute approximate surface area is 225 Å². The summed E-state index contributed by atoms with van der Waals surface area (Å²) < 4.78 is 15.8. The molecule has 38 heavy (non-hydrogen) atoms. The number of hydrogen-bond acceptors (Lipinski definition) is 7. The van der Waals surface area contributed by atoms with Gasteiger partial charge >= 0.3 is 5.97 Å². The molecule has 1 atom stereocenters. The van der Waals surface area contributed by atoms with Crippen molar-refractivity contribution in [3.63, 3.8) is 0 Å². The van der Waals surface area contributed by atoms with Crippen molar-refractivity contribution in [2.75, 3.05) is 25.7 Å². The summed E-state index contributed by atoms with van der Waals surface area (Å²) in [5.74, 6) is -2.03. The maximum Gasteiger partial charge on any atom is 0.338 e. The van der Waals surface area contributed by atoms with Crippen molar-refractivity contribution in [2.45, 2.75) is 19.9 Å². The van der Waals surface area contributed by atoms with Gasteiger partial charge in [-0.2, -0.15) is 0 Å². The van der Waals surface area contributed by atoms with Gasteiger partial charge in [0.1, 0.15) is 17.3 Å². The van der Waals surface area contributed by atoms with Crippen LogP contribution < -0.4 is 14.4 Å². The first-order valence-electron chi connectivity index (χ1n) is 11.8. The van der Waals surface area contributed by atoms with Gasteiger partial charge in [-0.1, -0.05) is 29.8 Å². The van der Waals surface area contributed by atoms with Gasteiger partial charge in [0.05, 0.1) is 48.6 Å². The number of aliphatic hydroxyl groups is 1. The van der Waals surface area contributed by atoms with Crippen LogP contribution in [0.3, 0.4) is 0 Å². The van der Waals surface area contributed by atoms with Gasteiger partial charge in [0, 0.05) is 5.69 Å². The van der Waals surface area contributed by atoms with Gasteiger partial charge < -0.3 is 19.3 Å². The molecule has 196 valence electrons. The predicted octanol–water partition coefficient (Wildman–Crippen LogP) is 5.47. The van der Waals surface area contributed by atoms with E-state index in [-0.39, 0.29) is 39.8 Å². The first-order valence-corrected chi connectivity index (χ1v) is 12.2. The summed E-state index contributed by atoms with van der Waals surface area (Å²) in [6.45, 7) is 3.65. The number of esters is 1. The molecule has 0 spiro atoms. The van der Waals surface area contributed by atoms with Crippen LogP contribution in [-0.2, 0) is 14.3 Å². The first kappa shape index (κ1) is 26.8. The molecule has 1 aliphatic rings. The third-order valence-corrected chi connectivity index (χ3v) is 6.44. The number of hydrogen-bond donors (Lipinski definition) is 1. The molecule has 0 aliphatic carbocycles. The summed E-state index contributed by atoms with van der Waals surface area (Å²) in [6.07, 6.45) is 0. The molecule has 1 aliphatic heterocycles. The number of ether oxygens (including phenoxy) is 3. The Morgan fingerprint density at radius 1 is 1.03 bits per heavy atom. The molecule has 9 heteroatoms. The topological polar surface area (TPSA) is 102 Å². The molecule has 1 saturated heterocycles. The van der Waals surface area contributed by atoms with Crippen molar-refractivity contribution in [3.05, 3.63) is 93.5 Å². The molecule has 4 rings (SSSR count). The number of ketones is 1. The van der Waals surface area contributed by atoms with E-state index in [2.05, 4.69) is 0 Å². The third-order valence-electron chi connectivity index (χ3n) is 6.16. The van der Waals surface area contributed by atoms with Crippen LogP contribution in [0.4, 0.5) is 5.69 Å². The lowest BCUT2D eigenvalue weighted by Crippen LogP contribution is -2.29. The highest BCUT2D eigenvalue weighted by atomic mass is 35.5. The number of nitrogens with zero attached hydrogens (tertiary/aromatic N) is 1. The molecular formula is C29H26ClNO7. The number of benzene rings is 3. The smallest absolute Gasteiger partial charge is 0.338 e. The average molecular weight is 536 g/mol. The molecule has 1 N–H and O–H groups in total. The number of aliphatic hydroxyl groups excluding tert-OH is 1. The van der Waals surface area contributed by atoms with Crippen LogP contribution in [0.15, 0.2) is 66.2 Å². The molecule has 0 aromatic heterocycles. The maximum absolute atomic E-state index is 13.5. The highest BCUT2D eigenvalue weighted by Gasteiger charge is 2.47. The van der Waals surface area contributed by atoms with Crippen molar-refractivity contribution in [1.29, 1.82) is 0 Å². The maximum atomic E-state index is 13.5. The van der Waals surface area contributed by atoms with Crippen LogP contribution in [-0.4, -0.2) is 43.6 Å². The molecule has 0 saturated carbocycles. The Kier molecular flexibility index (Phi) is 7.73. The molecule has 0 radical (unpaired) electrons. The number of anilines is 1. The highest BCUT2D eigenvalue weighted by molar-refractivity contribution is 6.51. The number of Topliss-reactive ketones (excluding diaryl/α,β-unsaturated/α-hetero) is 1. The van der Waals surface area contributed by atoms with E-state index in [1.165, 1.54) is 25.2 Å². The third kappa shape index (κ3) is 4.82. The van der Waals surface area contributed by atoms with Gasteiger partial charge in [-0.25, -0.2) is 4.79 Å². The van der Waals surface area contributed by atoms with Crippen LogP contribution in [0.1, 0.15) is 40.0 Å². The number of aryl methyl sites for hydroxylation is 1. The highest BCUT2D eigenvalue weighted by Crippen LogP contribution is 2.44. The Morgan fingerprint density at radius 3 is 2.37 bits per heavy atom. The fourth-order valence-electron chi connectivity index (χ4n) is 4.46. The Hall–Kier alpha value is -4.30. The van der Waals surface area contributed by atoms with Crippen LogP contribution in [0, 0.1) is 6.92 Å². The van der Waals surface area contributed by atoms with Crippen LogP contribution in [0.2, 0.25) is 5.02 Å². The number of carbonyl (C=O) groups excluding carboxylic acids is 3. The summed E-state index contributed by atoms with van der Waals surface area (Å²) in [6, 6.07) is 15.3. The minimum Gasteiger partial charge on any atom is -0.507 e. The standard InChI is InChI=1S/C29H26ClNO7/c1-5-38-29(35)18-7-6-8-19(15-18)31-24(17-9-11-20(36-3)12-10-17)23(26(33)28(31)34)25(32)21-13-16(2)14-22(30)27(21)37-4/h6-15,24,32H,5H2,1-4H3/b25-23+. The van der Waals surface area contributed by atoms with Gasteiger partial charge in [-0.15, -0.1) is 0 Å². The van der Waals surface area contributed by atoms with Crippen molar-refractivity contribution in [3.8, 4) is 11.5 Å². The molecule has 1 amide bonds.